The molecule has 1 heterocycles. The number of nitrogens with zero attached hydrogens (tertiary/aromatic N) is 1. The average Bonchev–Trinajstić information content (AvgIpc) is 3.04. The van der Waals surface area contributed by atoms with Crippen LogP contribution in [0.5, 0.6) is 5.75 Å². The highest BCUT2D eigenvalue weighted by Crippen LogP contribution is 2.27. The number of carbonyl (C=O) groups is 2. The molecule has 29 heavy (non-hydrogen) atoms. The van der Waals surface area contributed by atoms with Crippen LogP contribution in [0.2, 0.25) is 0 Å². The van der Waals surface area contributed by atoms with Crippen molar-refractivity contribution in [1.29, 1.82) is 0 Å². The molecule has 0 saturated heterocycles. The van der Waals surface area contributed by atoms with Gasteiger partial charge in [0.1, 0.15) is 12.4 Å². The minimum absolute atomic E-state index is 0.144. The first-order valence-electron chi connectivity index (χ1n) is 9.21. The number of carbonyl (C=O) groups excluding carboxylic acids is 1. The molecule has 0 radical (unpaired) electrons. The minimum atomic E-state index is -1.05. The summed E-state index contributed by atoms with van der Waals surface area (Å²) in [6.45, 7) is 2.05. The fraction of sp³-hybridized carbons (Fsp3) is 0.0833. The van der Waals surface area contributed by atoms with Crippen LogP contribution in [0.15, 0.2) is 78.9 Å². The molecule has 4 rings (SSSR count). The van der Waals surface area contributed by atoms with Gasteiger partial charge in [0.2, 0.25) is 0 Å². The fourth-order valence-corrected chi connectivity index (χ4v) is 3.49. The topological polar surface area (TPSA) is 68.5 Å². The van der Waals surface area contributed by atoms with E-state index in [0.29, 0.717) is 34.5 Å². The van der Waals surface area contributed by atoms with Gasteiger partial charge in [-0.3, -0.25) is 9.36 Å². The number of carboxylic acids is 1. The number of ether oxygens (including phenoxy) is 1. The lowest BCUT2D eigenvalue weighted by molar-refractivity contribution is 0.0698. The third-order valence-corrected chi connectivity index (χ3v) is 4.86. The molecule has 0 unspecified atom stereocenters. The molecular weight excluding hydrogens is 366 g/mol. The first kappa shape index (κ1) is 18.5. The number of para-hydroxylation sites is 1. The molecule has 1 N–H and O–H groups in total. The molecule has 5 heteroatoms. The van der Waals surface area contributed by atoms with Gasteiger partial charge >= 0.3 is 5.97 Å². The number of hydrogen-bond acceptors (Lipinski definition) is 3. The molecular formula is C24H19NO4. The van der Waals surface area contributed by atoms with Crippen LogP contribution in [0.4, 0.5) is 0 Å². The van der Waals surface area contributed by atoms with Crippen LogP contribution in [0.25, 0.3) is 10.9 Å². The second-order valence-corrected chi connectivity index (χ2v) is 6.73. The SMILES string of the molecule is Cc1c(C(=O)O)c2ccccc2n1C(=O)c1cccc(OCc2ccccc2)c1. The summed E-state index contributed by atoms with van der Waals surface area (Å²) < 4.78 is 7.28. The van der Waals surface area contributed by atoms with Crippen molar-refractivity contribution in [2.24, 2.45) is 0 Å². The first-order valence-corrected chi connectivity index (χ1v) is 9.21. The summed E-state index contributed by atoms with van der Waals surface area (Å²) in [6, 6.07) is 23.7. The molecule has 0 aliphatic carbocycles. The van der Waals surface area contributed by atoms with E-state index in [1.807, 2.05) is 30.3 Å². The van der Waals surface area contributed by atoms with Gasteiger partial charge in [-0.05, 0) is 36.8 Å². The zero-order valence-corrected chi connectivity index (χ0v) is 15.8. The summed E-state index contributed by atoms with van der Waals surface area (Å²) in [6.07, 6.45) is 0. The lowest BCUT2D eigenvalue weighted by Crippen LogP contribution is -2.14. The second-order valence-electron chi connectivity index (χ2n) is 6.73. The Bertz CT molecular complexity index is 1210. The number of fused-ring (bicyclic) bond motifs is 1. The number of hydrogen-bond donors (Lipinski definition) is 1. The molecule has 3 aromatic carbocycles. The fourth-order valence-electron chi connectivity index (χ4n) is 3.49. The van der Waals surface area contributed by atoms with Gasteiger partial charge in [0, 0.05) is 16.6 Å². The van der Waals surface area contributed by atoms with Crippen LogP contribution >= 0.6 is 0 Å². The van der Waals surface area contributed by atoms with Crippen molar-refractivity contribution in [3.8, 4) is 5.75 Å². The van der Waals surface area contributed by atoms with E-state index in [9.17, 15) is 14.7 Å². The van der Waals surface area contributed by atoms with Gasteiger partial charge in [-0.2, -0.15) is 0 Å². The zero-order valence-electron chi connectivity index (χ0n) is 15.8. The van der Waals surface area contributed by atoms with Crippen molar-refractivity contribution in [2.75, 3.05) is 0 Å². The lowest BCUT2D eigenvalue weighted by Gasteiger charge is -2.10. The second kappa shape index (κ2) is 7.64. The van der Waals surface area contributed by atoms with Gasteiger partial charge in [-0.1, -0.05) is 54.6 Å². The molecule has 0 atom stereocenters. The van der Waals surface area contributed by atoms with Crippen molar-refractivity contribution in [3.63, 3.8) is 0 Å². The highest BCUT2D eigenvalue weighted by Gasteiger charge is 2.23. The summed E-state index contributed by atoms with van der Waals surface area (Å²) in [5, 5.41) is 10.2. The molecule has 0 bridgehead atoms. The van der Waals surface area contributed by atoms with Gasteiger partial charge in [0.25, 0.3) is 5.91 Å². The Labute approximate surface area is 167 Å². The minimum Gasteiger partial charge on any atom is -0.489 e. The Morgan fingerprint density at radius 3 is 2.41 bits per heavy atom. The largest absolute Gasteiger partial charge is 0.489 e. The molecule has 0 aliphatic rings. The first-order chi connectivity index (χ1) is 14.1. The van der Waals surface area contributed by atoms with Gasteiger partial charge in [-0.25, -0.2) is 4.79 Å². The summed E-state index contributed by atoms with van der Waals surface area (Å²) in [5.74, 6) is -0.770. The maximum atomic E-state index is 13.3. The van der Waals surface area contributed by atoms with E-state index in [2.05, 4.69) is 0 Å². The van der Waals surface area contributed by atoms with Crippen LogP contribution in [-0.4, -0.2) is 21.6 Å². The zero-order chi connectivity index (χ0) is 20.4. The normalized spacial score (nSPS) is 10.8. The molecule has 0 saturated carbocycles. The maximum Gasteiger partial charge on any atom is 0.338 e. The van der Waals surface area contributed by atoms with E-state index in [0.717, 1.165) is 5.56 Å². The van der Waals surface area contributed by atoms with Crippen molar-refractivity contribution in [1.82, 2.24) is 4.57 Å². The number of benzene rings is 3. The van der Waals surface area contributed by atoms with Crippen LogP contribution in [0, 0.1) is 6.92 Å². The van der Waals surface area contributed by atoms with E-state index in [4.69, 9.17) is 4.74 Å². The predicted octanol–water partition coefficient (Wildman–Crippen LogP) is 4.92. The maximum absolute atomic E-state index is 13.3. The molecule has 0 aliphatic heterocycles. The Hall–Kier alpha value is -3.86. The molecule has 0 spiro atoms. The van der Waals surface area contributed by atoms with E-state index in [1.54, 1.807) is 55.5 Å². The third-order valence-electron chi connectivity index (χ3n) is 4.86. The van der Waals surface area contributed by atoms with Gasteiger partial charge in [-0.15, -0.1) is 0 Å². The van der Waals surface area contributed by atoms with Crippen LogP contribution in [0.1, 0.15) is 32.0 Å². The van der Waals surface area contributed by atoms with E-state index in [-0.39, 0.29) is 11.5 Å². The Balaban J connectivity index is 1.69. The summed E-state index contributed by atoms with van der Waals surface area (Å²) in [5.41, 5.74) is 2.58. The van der Waals surface area contributed by atoms with E-state index in [1.165, 1.54) is 4.57 Å². The number of aromatic carboxylic acids is 1. The van der Waals surface area contributed by atoms with Gasteiger partial charge in [0.05, 0.1) is 11.1 Å². The quantitative estimate of drug-likeness (QED) is 0.530. The lowest BCUT2D eigenvalue weighted by atomic mass is 10.1. The third kappa shape index (κ3) is 3.50. The molecule has 5 nitrogen and oxygen atoms in total. The monoisotopic (exact) mass is 385 g/mol. The summed E-state index contributed by atoms with van der Waals surface area (Å²) >= 11 is 0. The summed E-state index contributed by atoms with van der Waals surface area (Å²) in [7, 11) is 0. The number of aromatic nitrogens is 1. The average molecular weight is 385 g/mol. The number of rotatable bonds is 5. The predicted molar refractivity (Wildman–Crippen MR) is 111 cm³/mol. The molecule has 0 amide bonds. The molecule has 144 valence electrons. The van der Waals surface area contributed by atoms with Gasteiger partial charge < -0.3 is 9.84 Å². The Morgan fingerprint density at radius 1 is 0.931 bits per heavy atom. The van der Waals surface area contributed by atoms with Gasteiger partial charge in [0.15, 0.2) is 0 Å². The van der Waals surface area contributed by atoms with Crippen LogP contribution in [0.3, 0.4) is 0 Å². The summed E-state index contributed by atoms with van der Waals surface area (Å²) in [4.78, 5) is 25.0. The highest BCUT2D eigenvalue weighted by atomic mass is 16.5. The van der Waals surface area contributed by atoms with Crippen molar-refractivity contribution in [3.05, 3.63) is 101 Å². The standard InChI is InChI=1S/C24H19NO4/c1-16-22(24(27)28)20-12-5-6-13-21(20)25(16)23(26)18-10-7-11-19(14-18)29-15-17-8-3-2-4-9-17/h2-14H,15H2,1H3,(H,27,28). The van der Waals surface area contributed by atoms with Crippen molar-refractivity contribution >= 4 is 22.8 Å². The smallest absolute Gasteiger partial charge is 0.338 e. The van der Waals surface area contributed by atoms with E-state index < -0.39 is 5.97 Å². The molecule has 0 fully saturated rings. The van der Waals surface area contributed by atoms with Crippen LogP contribution < -0.4 is 4.74 Å². The molecule has 4 aromatic rings. The Morgan fingerprint density at radius 2 is 1.66 bits per heavy atom. The van der Waals surface area contributed by atoms with Crippen LogP contribution in [-0.2, 0) is 6.61 Å². The van der Waals surface area contributed by atoms with E-state index >= 15 is 0 Å². The number of carboxylic acid groups (broad SMARTS) is 1. The van der Waals surface area contributed by atoms with Crippen molar-refractivity contribution in [2.45, 2.75) is 13.5 Å². The highest BCUT2D eigenvalue weighted by molar-refractivity contribution is 6.11. The van der Waals surface area contributed by atoms with Crippen molar-refractivity contribution < 1.29 is 19.4 Å². The Kier molecular flexibility index (Phi) is 4.87. The molecule has 1 aromatic heterocycles.